The standard InChI is InChI=1S/C13H27BNO3.C10H11Cl/c1-3-7-11(8-4-2)13(15,12(16)17)9-5-6-10-14-18;1-7-2-3-8-6-9(11)4-5-10(7)8/h11,18H,3-10,15H2,1-2H3,(H,16,17);4-7H,2-3H2,1H3. The summed E-state index contributed by atoms with van der Waals surface area (Å²) < 4.78 is 0. The molecule has 1 aliphatic carbocycles. The Hall–Kier alpha value is -1.04. The van der Waals surface area contributed by atoms with Crippen molar-refractivity contribution in [1.82, 2.24) is 0 Å². The molecule has 2 unspecified atom stereocenters. The number of carboxylic acids is 1. The fourth-order valence-electron chi connectivity index (χ4n) is 4.29. The fourth-order valence-corrected chi connectivity index (χ4v) is 4.49. The number of fused-ring (bicyclic) bond motifs is 1. The number of hydrogen-bond acceptors (Lipinski definition) is 3. The number of hydrogen-bond donors (Lipinski definition) is 3. The van der Waals surface area contributed by atoms with E-state index < -0.39 is 11.5 Å². The fraction of sp³-hybridized carbons (Fsp3) is 0.696. The maximum Gasteiger partial charge on any atom is 0.323 e. The topological polar surface area (TPSA) is 83.5 Å². The molecule has 2 rings (SSSR count). The average Bonchev–Trinajstić information content (AvgIpc) is 3.05. The van der Waals surface area contributed by atoms with Crippen LogP contribution in [0.2, 0.25) is 11.3 Å². The van der Waals surface area contributed by atoms with E-state index in [4.69, 9.17) is 22.4 Å². The molecule has 0 saturated heterocycles. The highest BCUT2D eigenvalue weighted by atomic mass is 35.5. The summed E-state index contributed by atoms with van der Waals surface area (Å²) in [6.07, 6.45) is 8.75. The van der Waals surface area contributed by atoms with Crippen LogP contribution in [0.1, 0.15) is 89.2 Å². The number of aliphatic carboxylic acids is 1. The average molecular weight is 423 g/mol. The molecule has 4 nitrogen and oxygen atoms in total. The molecular formula is C23H38BClNO3. The first-order chi connectivity index (χ1) is 13.8. The van der Waals surface area contributed by atoms with E-state index in [0.29, 0.717) is 12.7 Å². The number of carbonyl (C=O) groups is 1. The van der Waals surface area contributed by atoms with Crippen molar-refractivity contribution >= 4 is 25.1 Å². The zero-order valence-corrected chi connectivity index (χ0v) is 19.0. The van der Waals surface area contributed by atoms with Crippen molar-refractivity contribution in [3.05, 3.63) is 34.3 Å². The van der Waals surface area contributed by atoms with Crippen LogP contribution in [-0.2, 0) is 11.2 Å². The molecule has 1 aromatic carbocycles. The summed E-state index contributed by atoms with van der Waals surface area (Å²) in [5.41, 5.74) is 8.00. The Morgan fingerprint density at radius 2 is 1.97 bits per heavy atom. The number of rotatable bonds is 11. The Labute approximate surface area is 182 Å². The van der Waals surface area contributed by atoms with E-state index in [1.165, 1.54) is 24.0 Å². The zero-order valence-electron chi connectivity index (χ0n) is 18.3. The summed E-state index contributed by atoms with van der Waals surface area (Å²) in [6.45, 7) is 6.40. The lowest BCUT2D eigenvalue weighted by Gasteiger charge is -2.34. The Kier molecular flexibility index (Phi) is 11.9. The maximum absolute atomic E-state index is 11.5. The monoisotopic (exact) mass is 422 g/mol. The molecule has 0 bridgehead atoms. The van der Waals surface area contributed by atoms with E-state index in [9.17, 15) is 9.90 Å². The van der Waals surface area contributed by atoms with Gasteiger partial charge in [0.15, 0.2) is 0 Å². The van der Waals surface area contributed by atoms with Crippen molar-refractivity contribution in [2.24, 2.45) is 11.7 Å². The van der Waals surface area contributed by atoms with Crippen molar-refractivity contribution in [1.29, 1.82) is 0 Å². The van der Waals surface area contributed by atoms with Crippen molar-refractivity contribution in [2.45, 2.75) is 96.3 Å². The van der Waals surface area contributed by atoms with Crippen LogP contribution in [-0.4, -0.2) is 29.1 Å². The molecule has 1 aliphatic rings. The van der Waals surface area contributed by atoms with Crippen LogP contribution in [0.25, 0.3) is 0 Å². The van der Waals surface area contributed by atoms with Crippen LogP contribution in [0.3, 0.4) is 0 Å². The summed E-state index contributed by atoms with van der Waals surface area (Å²) in [5.74, 6) is -0.104. The molecule has 6 heteroatoms. The minimum absolute atomic E-state index is 0.0445. The summed E-state index contributed by atoms with van der Waals surface area (Å²) >= 11 is 5.87. The Balaban J connectivity index is 0.000000321. The van der Waals surface area contributed by atoms with Crippen molar-refractivity contribution in [2.75, 3.05) is 0 Å². The third-order valence-electron chi connectivity index (χ3n) is 6.06. The molecule has 0 heterocycles. The van der Waals surface area contributed by atoms with Gasteiger partial charge in [0, 0.05) is 5.02 Å². The lowest BCUT2D eigenvalue weighted by Crippen LogP contribution is -2.54. The molecule has 1 aromatic rings. The lowest BCUT2D eigenvalue weighted by molar-refractivity contribution is -0.146. The summed E-state index contributed by atoms with van der Waals surface area (Å²) in [7, 11) is 1.12. The molecule has 0 aromatic heterocycles. The van der Waals surface area contributed by atoms with Crippen LogP contribution in [0.5, 0.6) is 0 Å². The minimum Gasteiger partial charge on any atom is -0.480 e. The first-order valence-corrected chi connectivity index (χ1v) is 11.4. The van der Waals surface area contributed by atoms with Gasteiger partial charge in [0.1, 0.15) is 5.54 Å². The molecule has 1 radical (unpaired) electrons. The van der Waals surface area contributed by atoms with Crippen LogP contribution in [0, 0.1) is 5.92 Å². The second kappa shape index (κ2) is 13.3. The molecule has 163 valence electrons. The Bertz CT molecular complexity index is 622. The van der Waals surface area contributed by atoms with E-state index in [1.54, 1.807) is 0 Å². The highest BCUT2D eigenvalue weighted by Gasteiger charge is 2.40. The highest BCUT2D eigenvalue weighted by molar-refractivity contribution is 6.30. The Morgan fingerprint density at radius 1 is 1.31 bits per heavy atom. The molecule has 0 aliphatic heterocycles. The van der Waals surface area contributed by atoms with Crippen LogP contribution in [0.4, 0.5) is 0 Å². The third kappa shape index (κ3) is 7.95. The zero-order chi connectivity index (χ0) is 21.9. The van der Waals surface area contributed by atoms with Crippen LogP contribution < -0.4 is 5.73 Å². The number of carboxylic acid groups (broad SMARTS) is 1. The van der Waals surface area contributed by atoms with Crippen molar-refractivity contribution in [3.63, 3.8) is 0 Å². The number of nitrogens with two attached hydrogens (primary N) is 1. The van der Waals surface area contributed by atoms with Gasteiger partial charge in [-0.2, -0.15) is 0 Å². The Morgan fingerprint density at radius 3 is 2.52 bits per heavy atom. The second-order valence-electron chi connectivity index (χ2n) is 8.33. The number of halogens is 1. The second-order valence-corrected chi connectivity index (χ2v) is 8.77. The number of benzene rings is 1. The first-order valence-electron chi connectivity index (χ1n) is 11.1. The maximum atomic E-state index is 11.5. The van der Waals surface area contributed by atoms with Gasteiger partial charge in [-0.3, -0.25) is 4.79 Å². The van der Waals surface area contributed by atoms with Gasteiger partial charge in [-0.1, -0.05) is 70.4 Å². The largest absolute Gasteiger partial charge is 0.480 e. The third-order valence-corrected chi connectivity index (χ3v) is 6.29. The van der Waals surface area contributed by atoms with E-state index in [1.807, 2.05) is 6.07 Å². The molecule has 0 amide bonds. The number of unbranched alkanes of at least 4 members (excludes halogenated alkanes) is 1. The van der Waals surface area contributed by atoms with Gasteiger partial charge in [-0.15, -0.1) is 0 Å². The van der Waals surface area contributed by atoms with Gasteiger partial charge in [0.05, 0.1) is 0 Å². The molecular weight excluding hydrogens is 385 g/mol. The normalized spacial score (nSPS) is 17.3. The van der Waals surface area contributed by atoms with E-state index in [-0.39, 0.29) is 5.92 Å². The van der Waals surface area contributed by atoms with Gasteiger partial charge in [-0.25, -0.2) is 0 Å². The molecule has 4 N–H and O–H groups in total. The van der Waals surface area contributed by atoms with Gasteiger partial charge < -0.3 is 15.9 Å². The van der Waals surface area contributed by atoms with Gasteiger partial charge in [0.25, 0.3) is 7.48 Å². The van der Waals surface area contributed by atoms with Crippen molar-refractivity contribution in [3.8, 4) is 0 Å². The van der Waals surface area contributed by atoms with E-state index >= 15 is 0 Å². The molecule has 2 atom stereocenters. The minimum atomic E-state index is -1.11. The van der Waals surface area contributed by atoms with Gasteiger partial charge in [0.2, 0.25) is 0 Å². The highest BCUT2D eigenvalue weighted by Crippen LogP contribution is 2.33. The van der Waals surface area contributed by atoms with Crippen LogP contribution in [0.15, 0.2) is 18.2 Å². The predicted molar refractivity (Wildman–Crippen MR) is 123 cm³/mol. The summed E-state index contributed by atoms with van der Waals surface area (Å²) in [4.78, 5) is 11.5. The van der Waals surface area contributed by atoms with Crippen molar-refractivity contribution < 1.29 is 14.9 Å². The summed E-state index contributed by atoms with van der Waals surface area (Å²) in [6, 6.07) is 6.25. The lowest BCUT2D eigenvalue weighted by atomic mass is 9.75. The molecule has 0 fully saturated rings. The SMILES string of the molecule is CC1CCc2cc(Cl)ccc21.CCCC(CCC)C(N)(CCCC[B]O)C(=O)O. The van der Waals surface area contributed by atoms with Gasteiger partial charge in [-0.05, 0) is 67.2 Å². The van der Waals surface area contributed by atoms with Gasteiger partial charge >= 0.3 is 5.97 Å². The quantitative estimate of drug-likeness (QED) is 0.321. The summed E-state index contributed by atoms with van der Waals surface area (Å²) in [5, 5.41) is 18.9. The molecule has 0 saturated carbocycles. The van der Waals surface area contributed by atoms with E-state index in [2.05, 4.69) is 32.9 Å². The smallest absolute Gasteiger partial charge is 0.323 e. The van der Waals surface area contributed by atoms with Crippen LogP contribution >= 0.6 is 11.6 Å². The molecule has 29 heavy (non-hydrogen) atoms. The number of aryl methyl sites for hydroxylation is 1. The predicted octanol–water partition coefficient (Wildman–Crippen LogP) is 5.57. The molecule has 0 spiro atoms. The first kappa shape index (κ1) is 26.0. The van der Waals surface area contributed by atoms with E-state index in [0.717, 1.165) is 56.9 Å².